The number of rotatable bonds is 6. The molecule has 10 heteroatoms. The second-order valence-electron chi connectivity index (χ2n) is 5.67. The molecule has 3 aromatic rings. The number of phenols is 1. The molecule has 0 aliphatic carbocycles. The van der Waals surface area contributed by atoms with Crippen LogP contribution >= 0.6 is 0 Å². The molecule has 0 radical (unpaired) electrons. The van der Waals surface area contributed by atoms with Gasteiger partial charge in [0.1, 0.15) is 11.3 Å². The number of hydrogen-bond acceptors (Lipinski definition) is 5. The van der Waals surface area contributed by atoms with Crippen molar-refractivity contribution in [3.8, 4) is 5.75 Å². The quantitative estimate of drug-likeness (QED) is 0.399. The molecule has 3 rings (SSSR count). The van der Waals surface area contributed by atoms with Crippen LogP contribution in [0.1, 0.15) is 15.9 Å². The van der Waals surface area contributed by atoms with E-state index in [1.807, 2.05) is 29.1 Å². The summed E-state index contributed by atoms with van der Waals surface area (Å²) >= 11 is 0. The Morgan fingerprint density at radius 2 is 1.85 bits per heavy atom. The number of H-pyrrole nitrogens is 1. The number of para-hydroxylation sites is 1. The average molecular weight is 389 g/mol. The number of hydrazine groups is 1. The van der Waals surface area contributed by atoms with Crippen molar-refractivity contribution in [2.24, 2.45) is 0 Å². The maximum absolute atomic E-state index is 12.2. The predicted octanol–water partition coefficient (Wildman–Crippen LogP) is 1.12. The Morgan fingerprint density at radius 3 is 2.59 bits per heavy atom. The molecule has 0 saturated carbocycles. The van der Waals surface area contributed by atoms with Gasteiger partial charge in [-0.3, -0.25) is 10.2 Å². The molecule has 1 aromatic heterocycles. The SMILES string of the molecule is O=C(Cc1c[nH]c2ccccc12)NNS(=O)(=O)c1ccc(O)c(C(=O)O)c1. The van der Waals surface area contributed by atoms with Gasteiger partial charge in [-0.15, -0.1) is 4.83 Å². The molecular weight excluding hydrogens is 374 g/mol. The molecule has 0 fully saturated rings. The largest absolute Gasteiger partial charge is 0.507 e. The number of aromatic hydroxyl groups is 1. The molecule has 0 saturated heterocycles. The molecule has 27 heavy (non-hydrogen) atoms. The van der Waals surface area contributed by atoms with Gasteiger partial charge < -0.3 is 15.2 Å². The molecule has 0 unspecified atom stereocenters. The smallest absolute Gasteiger partial charge is 0.339 e. The summed E-state index contributed by atoms with van der Waals surface area (Å²) in [6, 6.07) is 10.1. The molecule has 9 nitrogen and oxygen atoms in total. The van der Waals surface area contributed by atoms with Crippen LogP contribution in [0, 0.1) is 0 Å². The van der Waals surface area contributed by atoms with Gasteiger partial charge in [-0.1, -0.05) is 18.2 Å². The molecule has 140 valence electrons. The highest BCUT2D eigenvalue weighted by molar-refractivity contribution is 7.89. The summed E-state index contributed by atoms with van der Waals surface area (Å²) in [5.74, 6) is -2.64. The highest BCUT2D eigenvalue weighted by atomic mass is 32.2. The van der Waals surface area contributed by atoms with Crippen molar-refractivity contribution in [3.05, 3.63) is 59.8 Å². The number of aromatic carboxylic acids is 1. The number of fused-ring (bicyclic) bond motifs is 1. The highest BCUT2D eigenvalue weighted by Gasteiger charge is 2.20. The molecular formula is C17H15N3O6S. The Hall–Kier alpha value is -3.37. The topological polar surface area (TPSA) is 149 Å². The third-order valence-electron chi connectivity index (χ3n) is 3.86. The Labute approximate surface area is 153 Å². The fraction of sp³-hybridized carbons (Fsp3) is 0.0588. The summed E-state index contributed by atoms with van der Waals surface area (Å²) in [5, 5.41) is 19.3. The average Bonchev–Trinajstić information content (AvgIpc) is 3.03. The summed E-state index contributed by atoms with van der Waals surface area (Å²) in [4.78, 5) is 27.6. The second-order valence-corrected chi connectivity index (χ2v) is 7.36. The van der Waals surface area contributed by atoms with Crippen molar-refractivity contribution in [3.63, 3.8) is 0 Å². The molecule has 2 aromatic carbocycles. The minimum absolute atomic E-state index is 0.0670. The van der Waals surface area contributed by atoms with E-state index in [2.05, 4.69) is 10.4 Å². The van der Waals surface area contributed by atoms with Gasteiger partial charge in [0, 0.05) is 17.1 Å². The first-order valence-electron chi connectivity index (χ1n) is 7.70. The van der Waals surface area contributed by atoms with Crippen molar-refractivity contribution in [1.82, 2.24) is 15.2 Å². The Bertz CT molecular complexity index is 1140. The predicted molar refractivity (Wildman–Crippen MR) is 95.5 cm³/mol. The summed E-state index contributed by atoms with van der Waals surface area (Å²) in [5.41, 5.74) is 3.07. The van der Waals surface area contributed by atoms with E-state index in [-0.39, 0.29) is 6.42 Å². The van der Waals surface area contributed by atoms with Crippen LogP contribution in [0.4, 0.5) is 0 Å². The number of aromatic nitrogens is 1. The van der Waals surface area contributed by atoms with Gasteiger partial charge in [-0.2, -0.15) is 0 Å². The molecule has 0 aliphatic rings. The normalized spacial score (nSPS) is 11.4. The van der Waals surface area contributed by atoms with Crippen LogP contribution in [-0.2, 0) is 21.2 Å². The number of benzene rings is 2. The standard InChI is InChI=1S/C17H15N3O6S/c21-15-6-5-11(8-13(15)17(23)24)27(25,26)20-19-16(22)7-10-9-18-14-4-2-1-3-12(10)14/h1-6,8-9,18,20-21H,7H2,(H,19,22)(H,23,24). The number of sulfonamides is 1. The lowest BCUT2D eigenvalue weighted by molar-refractivity contribution is -0.120. The fourth-order valence-corrected chi connectivity index (χ4v) is 3.42. The van der Waals surface area contributed by atoms with Crippen molar-refractivity contribution in [1.29, 1.82) is 0 Å². The van der Waals surface area contributed by atoms with Crippen LogP contribution < -0.4 is 10.3 Å². The number of nitrogens with one attached hydrogen (secondary N) is 3. The van der Waals surface area contributed by atoms with Crippen molar-refractivity contribution in [2.45, 2.75) is 11.3 Å². The van der Waals surface area contributed by atoms with Crippen LogP contribution in [0.2, 0.25) is 0 Å². The van der Waals surface area contributed by atoms with Crippen molar-refractivity contribution >= 4 is 32.8 Å². The first-order valence-corrected chi connectivity index (χ1v) is 9.18. The zero-order chi connectivity index (χ0) is 19.6. The molecule has 0 atom stereocenters. The number of amides is 1. The van der Waals surface area contributed by atoms with E-state index in [1.54, 1.807) is 6.20 Å². The first kappa shape index (κ1) is 18.4. The van der Waals surface area contributed by atoms with Crippen molar-refractivity contribution in [2.75, 3.05) is 0 Å². The van der Waals surface area contributed by atoms with E-state index in [4.69, 9.17) is 5.11 Å². The lowest BCUT2D eigenvalue weighted by Gasteiger charge is -2.09. The number of carboxylic acids is 1. The van der Waals surface area contributed by atoms with E-state index in [0.29, 0.717) is 5.56 Å². The van der Waals surface area contributed by atoms with E-state index >= 15 is 0 Å². The van der Waals surface area contributed by atoms with Gasteiger partial charge in [0.15, 0.2) is 0 Å². The van der Waals surface area contributed by atoms with E-state index < -0.39 is 38.1 Å². The maximum atomic E-state index is 12.2. The highest BCUT2D eigenvalue weighted by Crippen LogP contribution is 2.21. The van der Waals surface area contributed by atoms with E-state index in [0.717, 1.165) is 29.1 Å². The van der Waals surface area contributed by atoms with Crippen molar-refractivity contribution < 1.29 is 28.2 Å². The number of carbonyl (C=O) groups is 2. The van der Waals surface area contributed by atoms with Gasteiger partial charge in [-0.05, 0) is 29.8 Å². The monoisotopic (exact) mass is 389 g/mol. The molecule has 1 amide bonds. The molecule has 5 N–H and O–H groups in total. The third-order valence-corrected chi connectivity index (χ3v) is 5.10. The van der Waals surface area contributed by atoms with Crippen LogP contribution in [0.15, 0.2) is 53.6 Å². The van der Waals surface area contributed by atoms with Gasteiger partial charge in [0.2, 0.25) is 5.91 Å². The van der Waals surface area contributed by atoms with Crippen LogP contribution in [0.25, 0.3) is 10.9 Å². The van der Waals surface area contributed by atoms with Crippen LogP contribution in [-0.4, -0.2) is 35.5 Å². The van der Waals surface area contributed by atoms with E-state index in [9.17, 15) is 23.1 Å². The first-order chi connectivity index (χ1) is 12.8. The second kappa shape index (κ2) is 7.09. The van der Waals surface area contributed by atoms with Gasteiger partial charge in [0.05, 0.1) is 11.3 Å². The van der Waals surface area contributed by atoms with Gasteiger partial charge >= 0.3 is 5.97 Å². The Balaban J connectivity index is 1.71. The minimum Gasteiger partial charge on any atom is -0.507 e. The van der Waals surface area contributed by atoms with Crippen LogP contribution in [0.3, 0.4) is 0 Å². The van der Waals surface area contributed by atoms with E-state index in [1.165, 1.54) is 0 Å². The lowest BCUT2D eigenvalue weighted by Crippen LogP contribution is -2.42. The van der Waals surface area contributed by atoms with Gasteiger partial charge in [0.25, 0.3) is 10.0 Å². The third kappa shape index (κ3) is 3.91. The van der Waals surface area contributed by atoms with Gasteiger partial charge in [-0.25, -0.2) is 13.2 Å². The summed E-state index contributed by atoms with van der Waals surface area (Å²) in [6.45, 7) is 0. The summed E-state index contributed by atoms with van der Waals surface area (Å²) in [6.07, 6.45) is 1.60. The number of carboxylic acid groups (broad SMARTS) is 1. The Kier molecular flexibility index (Phi) is 4.84. The number of aromatic amines is 1. The van der Waals surface area contributed by atoms with Crippen LogP contribution in [0.5, 0.6) is 5.75 Å². The maximum Gasteiger partial charge on any atom is 0.339 e. The molecule has 0 spiro atoms. The summed E-state index contributed by atoms with van der Waals surface area (Å²) < 4.78 is 24.5. The summed E-state index contributed by atoms with van der Waals surface area (Å²) in [7, 11) is -4.21. The number of hydrogen-bond donors (Lipinski definition) is 5. The minimum atomic E-state index is -4.21. The molecule has 1 heterocycles. The number of carbonyl (C=O) groups excluding carboxylic acids is 1. The zero-order valence-corrected chi connectivity index (χ0v) is 14.6. The fourth-order valence-electron chi connectivity index (χ4n) is 2.53. The molecule has 0 bridgehead atoms. The zero-order valence-electron chi connectivity index (χ0n) is 13.8. The molecule has 0 aliphatic heterocycles. The Morgan fingerprint density at radius 1 is 1.11 bits per heavy atom. The lowest BCUT2D eigenvalue weighted by atomic mass is 10.1.